The summed E-state index contributed by atoms with van der Waals surface area (Å²) in [7, 11) is -7.63. The minimum absolute atomic E-state index is 0.00116. The number of nitrogens with one attached hydrogen (secondary N) is 2. The molecule has 0 aromatic heterocycles. The fraction of sp³-hybridized carbons (Fsp3) is 0.520. The summed E-state index contributed by atoms with van der Waals surface area (Å²) in [5, 5.41) is 9.47. The van der Waals surface area contributed by atoms with Gasteiger partial charge < -0.3 is 5.11 Å². The number of aromatic hydroxyl groups is 1. The topological polar surface area (TPSA) is 113 Å². The molecule has 0 unspecified atom stereocenters. The van der Waals surface area contributed by atoms with E-state index in [9.17, 15) is 21.9 Å². The van der Waals surface area contributed by atoms with Crippen LogP contribution >= 0.6 is 23.2 Å². The Morgan fingerprint density at radius 2 is 1.33 bits per heavy atom. The van der Waals surface area contributed by atoms with Gasteiger partial charge >= 0.3 is 0 Å². The molecule has 2 rings (SSSR count). The summed E-state index contributed by atoms with van der Waals surface area (Å²) in [6.45, 7) is 2.04. The second-order valence-corrected chi connectivity index (χ2v) is 13.2. The Labute approximate surface area is 225 Å². The van der Waals surface area contributed by atoms with E-state index in [1.54, 1.807) is 18.2 Å². The van der Waals surface area contributed by atoms with Crippen LogP contribution in [0.2, 0.25) is 10.0 Å². The maximum atomic E-state index is 13.0. The molecule has 0 aliphatic heterocycles. The molecule has 0 saturated carbocycles. The lowest BCUT2D eigenvalue weighted by Gasteiger charge is -2.14. The number of phenolic OH excluding ortho intramolecular Hbond substituents is 1. The molecule has 2 aromatic carbocycles. The van der Waals surface area contributed by atoms with Gasteiger partial charge in [-0.05, 0) is 30.2 Å². The standard InChI is InChI=1S/C25H36Cl2N2O5S2/c1-2-3-4-5-6-7-8-9-10-13-16-35(31,32)28-19-20-14-11-12-15-24(20)36(33,34)29-21-17-22(26)25(30)23(27)18-21/h11-12,14-15,17-18,28-30H,2-10,13,16,19H2,1H3. The summed E-state index contributed by atoms with van der Waals surface area (Å²) in [4.78, 5) is -0.0769. The molecule has 0 bridgehead atoms. The highest BCUT2D eigenvalue weighted by Crippen LogP contribution is 2.35. The molecule has 0 aliphatic rings. The second kappa shape index (κ2) is 15.0. The van der Waals surface area contributed by atoms with Crippen LogP contribution in [0.5, 0.6) is 5.75 Å². The summed E-state index contributed by atoms with van der Waals surface area (Å²) >= 11 is 11.8. The van der Waals surface area contributed by atoms with Crippen molar-refractivity contribution in [3.05, 3.63) is 52.0 Å². The quantitative estimate of drug-likeness (QED) is 0.140. The van der Waals surface area contributed by atoms with Crippen LogP contribution in [0, 0.1) is 0 Å². The number of benzene rings is 2. The predicted molar refractivity (Wildman–Crippen MR) is 148 cm³/mol. The number of hydrogen-bond donors (Lipinski definition) is 3. The summed E-state index contributed by atoms with van der Waals surface area (Å²) in [5.74, 6) is -0.347. The Morgan fingerprint density at radius 3 is 1.92 bits per heavy atom. The van der Waals surface area contributed by atoms with Crippen molar-refractivity contribution in [2.45, 2.75) is 82.6 Å². The molecule has 0 aliphatic carbocycles. The third-order valence-corrected chi connectivity index (χ3v) is 9.25. The number of unbranched alkanes of at least 4 members (excludes halogenated alkanes) is 9. The van der Waals surface area contributed by atoms with E-state index in [0.29, 0.717) is 12.0 Å². The third-order valence-electron chi connectivity index (χ3n) is 5.78. The smallest absolute Gasteiger partial charge is 0.262 e. The molecule has 0 heterocycles. The normalized spacial score (nSPS) is 12.1. The van der Waals surface area contributed by atoms with Gasteiger partial charge in [0.1, 0.15) is 0 Å². The Morgan fingerprint density at radius 1 is 0.806 bits per heavy atom. The van der Waals surface area contributed by atoms with Gasteiger partial charge in [0.15, 0.2) is 5.75 Å². The highest BCUT2D eigenvalue weighted by Gasteiger charge is 2.21. The van der Waals surface area contributed by atoms with Gasteiger partial charge in [-0.15, -0.1) is 0 Å². The third kappa shape index (κ3) is 10.5. The largest absolute Gasteiger partial charge is 0.505 e. The zero-order valence-electron chi connectivity index (χ0n) is 20.6. The zero-order chi connectivity index (χ0) is 26.6. The molecule has 0 radical (unpaired) electrons. The molecule has 0 atom stereocenters. The molecule has 2 aromatic rings. The minimum Gasteiger partial charge on any atom is -0.505 e. The Hall–Kier alpha value is -1.52. The van der Waals surface area contributed by atoms with Crippen molar-refractivity contribution in [2.24, 2.45) is 0 Å². The lowest BCUT2D eigenvalue weighted by atomic mass is 10.1. The first kappa shape index (κ1) is 30.7. The lowest BCUT2D eigenvalue weighted by molar-refractivity contribution is 0.476. The predicted octanol–water partition coefficient (Wildman–Crippen LogP) is 6.84. The van der Waals surface area contributed by atoms with Crippen LogP contribution in [0.15, 0.2) is 41.3 Å². The Balaban J connectivity index is 1.87. The van der Waals surface area contributed by atoms with Gasteiger partial charge in [-0.3, -0.25) is 4.72 Å². The summed E-state index contributed by atoms with van der Waals surface area (Å²) < 4.78 is 55.8. The first-order chi connectivity index (χ1) is 17.1. The van der Waals surface area contributed by atoms with Gasteiger partial charge in [-0.1, -0.05) is 106 Å². The zero-order valence-corrected chi connectivity index (χ0v) is 23.7. The maximum absolute atomic E-state index is 13.0. The summed E-state index contributed by atoms with van der Waals surface area (Å²) in [6, 6.07) is 8.59. The minimum atomic E-state index is -4.08. The molecule has 11 heteroatoms. The van der Waals surface area contributed by atoms with Crippen LogP contribution in [0.1, 0.15) is 76.7 Å². The highest BCUT2D eigenvalue weighted by molar-refractivity contribution is 7.92. The van der Waals surface area contributed by atoms with Crippen molar-refractivity contribution in [1.29, 1.82) is 0 Å². The molecule has 0 saturated heterocycles. The van der Waals surface area contributed by atoms with Gasteiger partial charge in [0.25, 0.3) is 10.0 Å². The fourth-order valence-corrected chi connectivity index (χ4v) is 6.66. The van der Waals surface area contributed by atoms with Crippen molar-refractivity contribution in [3.63, 3.8) is 0 Å². The van der Waals surface area contributed by atoms with Crippen molar-refractivity contribution in [3.8, 4) is 5.75 Å². The van der Waals surface area contributed by atoms with E-state index in [1.165, 1.54) is 56.7 Å². The molecule has 36 heavy (non-hydrogen) atoms. The Kier molecular flexibility index (Phi) is 12.8. The van der Waals surface area contributed by atoms with E-state index in [4.69, 9.17) is 23.2 Å². The molecule has 0 amide bonds. The van der Waals surface area contributed by atoms with Crippen molar-refractivity contribution in [1.82, 2.24) is 4.72 Å². The molecule has 3 N–H and O–H groups in total. The molecule has 202 valence electrons. The summed E-state index contributed by atoms with van der Waals surface area (Å²) in [5.41, 5.74) is 0.367. The van der Waals surface area contributed by atoms with Crippen LogP contribution in [0.25, 0.3) is 0 Å². The maximum Gasteiger partial charge on any atom is 0.262 e. The van der Waals surface area contributed by atoms with E-state index in [1.807, 2.05) is 0 Å². The van der Waals surface area contributed by atoms with Crippen LogP contribution in [-0.2, 0) is 26.6 Å². The fourth-order valence-electron chi connectivity index (χ4n) is 3.79. The van der Waals surface area contributed by atoms with Gasteiger partial charge in [0.2, 0.25) is 10.0 Å². The highest BCUT2D eigenvalue weighted by atomic mass is 35.5. The van der Waals surface area contributed by atoms with Crippen molar-refractivity contribution in [2.75, 3.05) is 10.5 Å². The molecule has 0 fully saturated rings. The number of sulfonamides is 2. The average molecular weight is 580 g/mol. The van der Waals surface area contributed by atoms with Crippen LogP contribution in [-0.4, -0.2) is 27.7 Å². The van der Waals surface area contributed by atoms with Gasteiger partial charge in [-0.2, -0.15) is 0 Å². The molecule has 0 spiro atoms. The number of phenols is 1. The van der Waals surface area contributed by atoms with Crippen LogP contribution in [0.4, 0.5) is 5.69 Å². The first-order valence-electron chi connectivity index (χ1n) is 12.3. The number of hydrogen-bond acceptors (Lipinski definition) is 5. The van der Waals surface area contributed by atoms with Crippen molar-refractivity contribution < 1.29 is 21.9 Å². The van der Waals surface area contributed by atoms with Crippen molar-refractivity contribution >= 4 is 48.9 Å². The van der Waals surface area contributed by atoms with Crippen LogP contribution < -0.4 is 9.44 Å². The lowest BCUT2D eigenvalue weighted by Crippen LogP contribution is -2.27. The van der Waals surface area contributed by atoms with E-state index in [2.05, 4.69) is 16.4 Å². The molecular formula is C25H36Cl2N2O5S2. The SMILES string of the molecule is CCCCCCCCCCCCS(=O)(=O)NCc1ccccc1S(=O)(=O)Nc1cc(Cl)c(O)c(Cl)c1. The second-order valence-electron chi connectivity index (χ2n) is 8.82. The van der Waals surface area contributed by atoms with E-state index < -0.39 is 20.0 Å². The van der Waals surface area contributed by atoms with Gasteiger partial charge in [-0.25, -0.2) is 21.6 Å². The number of rotatable bonds is 17. The molecular weight excluding hydrogens is 543 g/mol. The van der Waals surface area contributed by atoms with Gasteiger partial charge in [0, 0.05) is 6.54 Å². The summed E-state index contributed by atoms with van der Waals surface area (Å²) in [6.07, 6.45) is 11.1. The van der Waals surface area contributed by atoms with E-state index in [0.717, 1.165) is 19.3 Å². The van der Waals surface area contributed by atoms with Crippen LogP contribution in [0.3, 0.4) is 0 Å². The van der Waals surface area contributed by atoms with E-state index in [-0.39, 0.29) is 38.7 Å². The van der Waals surface area contributed by atoms with Gasteiger partial charge in [0.05, 0.1) is 26.4 Å². The monoisotopic (exact) mass is 578 g/mol. The van der Waals surface area contributed by atoms with E-state index >= 15 is 0 Å². The average Bonchev–Trinajstić information content (AvgIpc) is 2.82. The first-order valence-corrected chi connectivity index (χ1v) is 16.2. The number of anilines is 1. The Bertz CT molecular complexity index is 1170. The number of halogens is 2. The molecule has 7 nitrogen and oxygen atoms in total.